The van der Waals surface area contributed by atoms with Crippen LogP contribution in [-0.2, 0) is 5.60 Å². The topological polar surface area (TPSA) is 20.2 Å². The fraction of sp³-hybridized carbons (Fsp3) is 0.571. The zero-order valence-corrected chi connectivity index (χ0v) is 10.7. The molecule has 0 radical (unpaired) electrons. The number of rotatable bonds is 1. The molecule has 0 amide bonds. The molecule has 1 aromatic carbocycles. The van der Waals surface area contributed by atoms with Crippen LogP contribution in [0.5, 0.6) is 0 Å². The highest BCUT2D eigenvalue weighted by Gasteiger charge is 2.41. The Morgan fingerprint density at radius 2 is 2.12 bits per heavy atom. The van der Waals surface area contributed by atoms with Crippen LogP contribution in [0.2, 0.25) is 5.02 Å². The molecule has 0 heterocycles. The Balaban J connectivity index is 2.36. The molecule has 0 aliphatic heterocycles. The minimum atomic E-state index is -0.692. The Kier molecular flexibility index (Phi) is 3.27. The number of halogens is 1. The maximum absolute atomic E-state index is 10.8. The van der Waals surface area contributed by atoms with Crippen LogP contribution in [0.1, 0.15) is 38.7 Å². The molecule has 1 saturated carbocycles. The zero-order valence-electron chi connectivity index (χ0n) is 9.91. The van der Waals surface area contributed by atoms with E-state index in [4.69, 9.17) is 11.6 Å². The summed E-state index contributed by atoms with van der Waals surface area (Å²) in [7, 11) is 0. The molecule has 1 aliphatic carbocycles. The van der Waals surface area contributed by atoms with Crippen molar-refractivity contribution in [2.45, 2.75) is 38.7 Å². The lowest BCUT2D eigenvalue weighted by Gasteiger charge is -2.42. The van der Waals surface area contributed by atoms with E-state index < -0.39 is 5.60 Å². The summed E-state index contributed by atoms with van der Waals surface area (Å²) in [6, 6.07) is 7.66. The number of hydrogen-bond acceptors (Lipinski definition) is 1. The summed E-state index contributed by atoms with van der Waals surface area (Å²) in [5, 5.41) is 11.6. The van der Waals surface area contributed by atoms with Gasteiger partial charge in [-0.15, -0.1) is 0 Å². The molecule has 1 aliphatic rings. The zero-order chi connectivity index (χ0) is 11.8. The van der Waals surface area contributed by atoms with E-state index in [0.717, 1.165) is 18.4 Å². The number of aliphatic hydroxyl groups is 1. The Morgan fingerprint density at radius 3 is 2.81 bits per heavy atom. The third-order valence-electron chi connectivity index (χ3n) is 4.15. The van der Waals surface area contributed by atoms with Crippen molar-refractivity contribution in [1.82, 2.24) is 0 Å². The van der Waals surface area contributed by atoms with Crippen molar-refractivity contribution < 1.29 is 5.11 Å². The molecule has 2 heteroatoms. The van der Waals surface area contributed by atoms with E-state index in [9.17, 15) is 5.11 Å². The van der Waals surface area contributed by atoms with Crippen molar-refractivity contribution in [1.29, 1.82) is 0 Å². The molecule has 1 aromatic rings. The van der Waals surface area contributed by atoms with Gasteiger partial charge in [-0.25, -0.2) is 0 Å². The predicted molar refractivity (Wildman–Crippen MR) is 67.5 cm³/mol. The minimum absolute atomic E-state index is 0.291. The summed E-state index contributed by atoms with van der Waals surface area (Å²) in [6.07, 6.45) is 3.15. The maximum Gasteiger partial charge on any atom is 0.0925 e. The van der Waals surface area contributed by atoms with Gasteiger partial charge in [0.15, 0.2) is 0 Å². The SMILES string of the molecule is CC1CCCC(O)(c2cccc(Cl)c2)C1C. The Bertz CT molecular complexity index is 377. The molecule has 0 spiro atoms. The third-order valence-corrected chi connectivity index (χ3v) is 4.38. The van der Waals surface area contributed by atoms with Gasteiger partial charge in [0.2, 0.25) is 0 Å². The summed E-state index contributed by atoms with van der Waals surface area (Å²) in [6.45, 7) is 4.37. The molecule has 3 atom stereocenters. The first-order valence-electron chi connectivity index (χ1n) is 6.02. The second-order valence-electron chi connectivity index (χ2n) is 5.09. The van der Waals surface area contributed by atoms with Gasteiger partial charge in [0.1, 0.15) is 0 Å². The van der Waals surface area contributed by atoms with Crippen LogP contribution >= 0.6 is 11.6 Å². The molecule has 3 unspecified atom stereocenters. The van der Waals surface area contributed by atoms with Gasteiger partial charge in [-0.2, -0.15) is 0 Å². The first-order valence-corrected chi connectivity index (χ1v) is 6.40. The highest BCUT2D eigenvalue weighted by molar-refractivity contribution is 6.30. The number of benzene rings is 1. The van der Waals surface area contributed by atoms with Gasteiger partial charge in [0, 0.05) is 5.02 Å². The quantitative estimate of drug-likeness (QED) is 0.785. The summed E-state index contributed by atoms with van der Waals surface area (Å²) in [5.74, 6) is 0.859. The molecule has 88 valence electrons. The van der Waals surface area contributed by atoms with Crippen molar-refractivity contribution in [3.63, 3.8) is 0 Å². The maximum atomic E-state index is 10.8. The smallest absolute Gasteiger partial charge is 0.0925 e. The molecule has 0 saturated heterocycles. The van der Waals surface area contributed by atoms with E-state index in [1.54, 1.807) is 0 Å². The van der Waals surface area contributed by atoms with Crippen LogP contribution in [-0.4, -0.2) is 5.11 Å². The van der Waals surface area contributed by atoms with E-state index in [-0.39, 0.29) is 0 Å². The third kappa shape index (κ3) is 1.99. The van der Waals surface area contributed by atoms with E-state index in [1.807, 2.05) is 24.3 Å². The molecule has 1 N–H and O–H groups in total. The van der Waals surface area contributed by atoms with Gasteiger partial charge in [-0.3, -0.25) is 0 Å². The molecular formula is C14H19ClO. The van der Waals surface area contributed by atoms with Crippen molar-refractivity contribution in [2.75, 3.05) is 0 Å². The Hall–Kier alpha value is -0.530. The van der Waals surface area contributed by atoms with Gasteiger partial charge in [0.25, 0.3) is 0 Å². The molecule has 2 rings (SSSR count). The summed E-state index contributed by atoms with van der Waals surface area (Å²) in [5.41, 5.74) is 0.279. The fourth-order valence-corrected chi connectivity index (χ4v) is 3.00. The molecule has 0 aromatic heterocycles. The molecule has 0 bridgehead atoms. The van der Waals surface area contributed by atoms with Gasteiger partial charge >= 0.3 is 0 Å². The highest BCUT2D eigenvalue weighted by atomic mass is 35.5. The van der Waals surface area contributed by atoms with Gasteiger partial charge < -0.3 is 5.11 Å². The fourth-order valence-electron chi connectivity index (χ4n) is 2.81. The first-order chi connectivity index (χ1) is 7.54. The second-order valence-corrected chi connectivity index (χ2v) is 5.53. The molecule has 1 fully saturated rings. The standard InChI is InChI=1S/C14H19ClO/c1-10-5-4-8-14(16,11(10)2)12-6-3-7-13(15)9-12/h3,6-7,9-11,16H,4-5,8H2,1-2H3. The Morgan fingerprint density at radius 1 is 1.38 bits per heavy atom. The normalized spacial score (nSPS) is 35.0. The van der Waals surface area contributed by atoms with Crippen LogP contribution < -0.4 is 0 Å². The van der Waals surface area contributed by atoms with E-state index in [2.05, 4.69) is 13.8 Å². The largest absolute Gasteiger partial charge is 0.385 e. The average Bonchev–Trinajstić information content (AvgIpc) is 2.26. The first kappa shape index (κ1) is 11.9. The van der Waals surface area contributed by atoms with E-state index in [1.165, 1.54) is 6.42 Å². The molecule has 1 nitrogen and oxygen atoms in total. The molecule has 16 heavy (non-hydrogen) atoms. The van der Waals surface area contributed by atoms with Crippen LogP contribution in [0.4, 0.5) is 0 Å². The Labute approximate surface area is 102 Å². The summed E-state index contributed by atoms with van der Waals surface area (Å²) in [4.78, 5) is 0. The summed E-state index contributed by atoms with van der Waals surface area (Å²) >= 11 is 6.00. The van der Waals surface area contributed by atoms with Crippen molar-refractivity contribution >= 4 is 11.6 Å². The monoisotopic (exact) mass is 238 g/mol. The number of hydrogen-bond donors (Lipinski definition) is 1. The van der Waals surface area contributed by atoms with Crippen LogP contribution in [0.25, 0.3) is 0 Å². The van der Waals surface area contributed by atoms with Crippen molar-refractivity contribution in [3.8, 4) is 0 Å². The minimum Gasteiger partial charge on any atom is -0.385 e. The van der Waals surface area contributed by atoms with Crippen molar-refractivity contribution in [3.05, 3.63) is 34.9 Å². The van der Waals surface area contributed by atoms with Gasteiger partial charge in [-0.1, -0.05) is 44.0 Å². The predicted octanol–water partition coefficient (Wildman–Crippen LogP) is 3.98. The molecular weight excluding hydrogens is 220 g/mol. The lowest BCUT2D eigenvalue weighted by Crippen LogP contribution is -2.40. The van der Waals surface area contributed by atoms with Gasteiger partial charge in [0.05, 0.1) is 5.60 Å². The highest BCUT2D eigenvalue weighted by Crippen LogP contribution is 2.44. The average molecular weight is 239 g/mol. The van der Waals surface area contributed by atoms with E-state index in [0.29, 0.717) is 16.9 Å². The lowest BCUT2D eigenvalue weighted by molar-refractivity contribution is -0.0688. The summed E-state index contributed by atoms with van der Waals surface area (Å²) < 4.78 is 0. The van der Waals surface area contributed by atoms with Crippen LogP contribution in [0.15, 0.2) is 24.3 Å². The second kappa shape index (κ2) is 4.38. The van der Waals surface area contributed by atoms with Crippen LogP contribution in [0.3, 0.4) is 0 Å². The van der Waals surface area contributed by atoms with E-state index >= 15 is 0 Å². The van der Waals surface area contributed by atoms with Crippen molar-refractivity contribution in [2.24, 2.45) is 11.8 Å². The van der Waals surface area contributed by atoms with Gasteiger partial charge in [-0.05, 0) is 42.4 Å². The lowest BCUT2D eigenvalue weighted by atomic mass is 9.67. The van der Waals surface area contributed by atoms with Crippen LogP contribution in [0, 0.1) is 11.8 Å².